The van der Waals surface area contributed by atoms with Crippen LogP contribution in [0.3, 0.4) is 0 Å². The van der Waals surface area contributed by atoms with Crippen LogP contribution >= 0.6 is 11.8 Å². The zero-order chi connectivity index (χ0) is 20.8. The van der Waals surface area contributed by atoms with E-state index in [9.17, 15) is 9.59 Å². The van der Waals surface area contributed by atoms with Crippen LogP contribution in [0.25, 0.3) is 11.0 Å². The number of rotatable bonds is 8. The number of anilines is 1. The average Bonchev–Trinajstić information content (AvgIpc) is 3.06. The number of hydrogen-bond donors (Lipinski definition) is 2. The molecule has 0 unspecified atom stereocenters. The van der Waals surface area contributed by atoms with Crippen LogP contribution in [0.1, 0.15) is 11.1 Å². The lowest BCUT2D eigenvalue weighted by Gasteiger charge is -2.11. The Hall–Kier alpha value is -3.06. The van der Waals surface area contributed by atoms with Gasteiger partial charge in [-0.3, -0.25) is 9.59 Å². The lowest BCUT2D eigenvalue weighted by atomic mass is 10.1. The van der Waals surface area contributed by atoms with Crippen LogP contribution in [0.5, 0.6) is 0 Å². The number of thioether (sulfide) groups is 1. The number of aryl methyl sites for hydroxylation is 1. The van der Waals surface area contributed by atoms with Gasteiger partial charge < -0.3 is 15.2 Å². The van der Waals surface area contributed by atoms with Crippen molar-refractivity contribution in [3.05, 3.63) is 66.2 Å². The fraction of sp³-hybridized carbons (Fsp3) is 0.227. The van der Waals surface area contributed by atoms with Crippen LogP contribution in [0.15, 0.2) is 60.3 Å². The van der Waals surface area contributed by atoms with Gasteiger partial charge in [-0.25, -0.2) is 4.98 Å². The molecule has 0 bridgehead atoms. The molecule has 0 saturated heterocycles. The molecular weight excluding hydrogens is 384 g/mol. The molecule has 0 radical (unpaired) electrons. The Labute approximate surface area is 174 Å². The summed E-state index contributed by atoms with van der Waals surface area (Å²) in [7, 11) is 0. The fourth-order valence-corrected chi connectivity index (χ4v) is 3.76. The van der Waals surface area contributed by atoms with Crippen molar-refractivity contribution in [2.24, 2.45) is 0 Å². The van der Waals surface area contributed by atoms with Gasteiger partial charge in [-0.05, 0) is 43.2 Å². The summed E-state index contributed by atoms with van der Waals surface area (Å²) < 4.78 is 2.02. The highest BCUT2D eigenvalue weighted by Gasteiger charge is 2.13. The van der Waals surface area contributed by atoms with Gasteiger partial charge in [0.25, 0.3) is 0 Å². The Balaban J connectivity index is 1.54. The number of fused-ring (bicyclic) bond motifs is 1. The molecule has 0 aliphatic carbocycles. The second-order valence-electron chi connectivity index (χ2n) is 6.64. The number of nitrogens with zero attached hydrogens (tertiary/aromatic N) is 2. The first-order valence-corrected chi connectivity index (χ1v) is 10.3. The van der Waals surface area contributed by atoms with Gasteiger partial charge in [-0.2, -0.15) is 0 Å². The highest BCUT2D eigenvalue weighted by atomic mass is 32.2. The van der Waals surface area contributed by atoms with Crippen molar-refractivity contribution < 1.29 is 9.59 Å². The van der Waals surface area contributed by atoms with Crippen LogP contribution in [0, 0.1) is 13.8 Å². The predicted molar refractivity (Wildman–Crippen MR) is 118 cm³/mol. The second-order valence-corrected chi connectivity index (χ2v) is 7.59. The van der Waals surface area contributed by atoms with E-state index in [4.69, 9.17) is 0 Å². The average molecular weight is 409 g/mol. The van der Waals surface area contributed by atoms with E-state index in [2.05, 4.69) is 22.2 Å². The first-order chi connectivity index (χ1) is 14.0. The number of benzene rings is 2. The minimum atomic E-state index is -0.254. The van der Waals surface area contributed by atoms with E-state index >= 15 is 0 Å². The van der Waals surface area contributed by atoms with Crippen molar-refractivity contribution in [1.29, 1.82) is 0 Å². The number of carbonyl (C=O) groups is 2. The Kier molecular flexibility index (Phi) is 6.72. The molecule has 3 rings (SSSR count). The van der Waals surface area contributed by atoms with E-state index in [-0.39, 0.29) is 24.1 Å². The summed E-state index contributed by atoms with van der Waals surface area (Å²) in [6.45, 7) is 8.28. The number of nitrogens with one attached hydrogen (secondary N) is 2. The number of aromatic nitrogens is 2. The number of carbonyl (C=O) groups excluding carboxylic acids is 2. The Morgan fingerprint density at radius 2 is 1.93 bits per heavy atom. The molecule has 1 heterocycles. The standard InChI is InChI=1S/C22H24N4O2S/c1-4-12-26-19-11-6-5-9-18(19)25-22(26)29-14-21(28)23-13-20(27)24-17-10-7-8-15(2)16(17)3/h4-11H,1,12-14H2,2-3H3,(H,23,28)(H,24,27). The summed E-state index contributed by atoms with van der Waals surface area (Å²) in [5.41, 5.74) is 4.76. The Morgan fingerprint density at radius 1 is 1.14 bits per heavy atom. The highest BCUT2D eigenvalue weighted by molar-refractivity contribution is 7.99. The van der Waals surface area contributed by atoms with E-state index < -0.39 is 0 Å². The first-order valence-electron chi connectivity index (χ1n) is 9.31. The Bertz CT molecular complexity index is 1060. The largest absolute Gasteiger partial charge is 0.346 e. The van der Waals surface area contributed by atoms with Crippen molar-refractivity contribution in [2.45, 2.75) is 25.5 Å². The molecule has 0 aliphatic heterocycles. The lowest BCUT2D eigenvalue weighted by molar-refractivity contribution is -0.122. The quantitative estimate of drug-likeness (QED) is 0.440. The van der Waals surface area contributed by atoms with Crippen LogP contribution in [0.4, 0.5) is 5.69 Å². The molecular formula is C22H24N4O2S. The molecule has 0 atom stereocenters. The molecule has 0 aliphatic rings. The van der Waals surface area contributed by atoms with E-state index in [0.717, 1.165) is 33.0 Å². The maximum absolute atomic E-state index is 12.2. The Morgan fingerprint density at radius 3 is 2.72 bits per heavy atom. The molecule has 3 aromatic rings. The number of imidazole rings is 1. The van der Waals surface area contributed by atoms with Crippen molar-refractivity contribution in [3.8, 4) is 0 Å². The molecule has 2 amide bonds. The van der Waals surface area contributed by atoms with Crippen molar-refractivity contribution in [1.82, 2.24) is 14.9 Å². The van der Waals surface area contributed by atoms with Gasteiger partial charge in [-0.15, -0.1) is 6.58 Å². The summed E-state index contributed by atoms with van der Waals surface area (Å²) in [6, 6.07) is 13.6. The van der Waals surface area contributed by atoms with Crippen molar-refractivity contribution >= 4 is 40.3 Å². The third-order valence-electron chi connectivity index (χ3n) is 4.59. The minimum absolute atomic E-state index is 0.0736. The van der Waals surface area contributed by atoms with Gasteiger partial charge in [0.2, 0.25) is 11.8 Å². The van der Waals surface area contributed by atoms with Gasteiger partial charge in [0.15, 0.2) is 5.16 Å². The van der Waals surface area contributed by atoms with Crippen LogP contribution in [0.2, 0.25) is 0 Å². The third kappa shape index (κ3) is 5.06. The maximum atomic E-state index is 12.2. The SMILES string of the molecule is C=CCn1c(SCC(=O)NCC(=O)Nc2cccc(C)c2C)nc2ccccc21. The molecule has 2 aromatic carbocycles. The normalized spacial score (nSPS) is 10.7. The van der Waals surface area contributed by atoms with Gasteiger partial charge >= 0.3 is 0 Å². The highest BCUT2D eigenvalue weighted by Crippen LogP contribution is 2.24. The molecule has 1 aromatic heterocycles. The number of hydrogen-bond acceptors (Lipinski definition) is 4. The van der Waals surface area contributed by atoms with Crippen LogP contribution < -0.4 is 10.6 Å². The minimum Gasteiger partial charge on any atom is -0.346 e. The number of para-hydroxylation sites is 2. The van der Waals surface area contributed by atoms with Gasteiger partial charge in [-0.1, -0.05) is 42.1 Å². The van der Waals surface area contributed by atoms with E-state index in [0.29, 0.717) is 6.54 Å². The molecule has 0 saturated carbocycles. The zero-order valence-electron chi connectivity index (χ0n) is 16.6. The molecule has 0 spiro atoms. The summed E-state index contributed by atoms with van der Waals surface area (Å²) >= 11 is 1.34. The monoisotopic (exact) mass is 408 g/mol. The molecule has 6 nitrogen and oxygen atoms in total. The smallest absolute Gasteiger partial charge is 0.243 e. The van der Waals surface area contributed by atoms with Gasteiger partial charge in [0.1, 0.15) is 0 Å². The van der Waals surface area contributed by atoms with Crippen LogP contribution in [-0.4, -0.2) is 33.7 Å². The summed E-state index contributed by atoms with van der Waals surface area (Å²) in [5.74, 6) is -0.295. The third-order valence-corrected chi connectivity index (χ3v) is 5.56. The molecule has 29 heavy (non-hydrogen) atoms. The first kappa shape index (κ1) is 20.7. The molecule has 7 heteroatoms. The number of allylic oxidation sites excluding steroid dienone is 1. The summed E-state index contributed by atoms with van der Waals surface area (Å²) in [5, 5.41) is 6.25. The summed E-state index contributed by atoms with van der Waals surface area (Å²) in [4.78, 5) is 29.0. The van der Waals surface area contributed by atoms with Crippen molar-refractivity contribution in [3.63, 3.8) is 0 Å². The fourth-order valence-electron chi connectivity index (χ4n) is 2.91. The second kappa shape index (κ2) is 9.43. The molecule has 150 valence electrons. The van der Waals surface area contributed by atoms with E-state index in [1.54, 1.807) is 6.08 Å². The number of amides is 2. The van der Waals surface area contributed by atoms with E-state index in [1.165, 1.54) is 11.8 Å². The molecule has 0 fully saturated rings. The lowest BCUT2D eigenvalue weighted by Crippen LogP contribution is -2.34. The zero-order valence-corrected chi connectivity index (χ0v) is 17.4. The van der Waals surface area contributed by atoms with Gasteiger partial charge in [0, 0.05) is 12.2 Å². The topological polar surface area (TPSA) is 76.0 Å². The van der Waals surface area contributed by atoms with Crippen LogP contribution in [-0.2, 0) is 16.1 Å². The molecule has 2 N–H and O–H groups in total. The predicted octanol–water partition coefficient (Wildman–Crippen LogP) is 3.69. The maximum Gasteiger partial charge on any atom is 0.243 e. The van der Waals surface area contributed by atoms with E-state index in [1.807, 2.05) is 60.9 Å². The van der Waals surface area contributed by atoms with Gasteiger partial charge in [0.05, 0.1) is 23.3 Å². The van der Waals surface area contributed by atoms with Crippen molar-refractivity contribution in [2.75, 3.05) is 17.6 Å². The summed E-state index contributed by atoms with van der Waals surface area (Å²) in [6.07, 6.45) is 1.80.